The minimum absolute atomic E-state index is 0.0623. The van der Waals surface area contributed by atoms with Crippen molar-refractivity contribution in [1.29, 1.82) is 0 Å². The van der Waals surface area contributed by atoms with E-state index in [0.29, 0.717) is 13.2 Å². The van der Waals surface area contributed by atoms with E-state index in [-0.39, 0.29) is 22.3 Å². The number of H-pyrrole nitrogens is 1. The van der Waals surface area contributed by atoms with Crippen molar-refractivity contribution in [3.05, 3.63) is 34.2 Å². The maximum Gasteiger partial charge on any atom is 0.256 e. The molecule has 1 aromatic rings. The molecule has 100 valence electrons. The average molecular weight is 252 g/mol. The third-order valence-corrected chi connectivity index (χ3v) is 2.78. The highest BCUT2D eigenvalue weighted by atomic mass is 16.5. The van der Waals surface area contributed by atoms with Gasteiger partial charge in [-0.05, 0) is 11.8 Å². The fourth-order valence-corrected chi connectivity index (χ4v) is 1.48. The van der Waals surface area contributed by atoms with Gasteiger partial charge < -0.3 is 15.0 Å². The summed E-state index contributed by atoms with van der Waals surface area (Å²) < 4.78 is 5.02. The van der Waals surface area contributed by atoms with E-state index in [2.05, 4.69) is 10.3 Å². The van der Waals surface area contributed by atoms with E-state index in [1.54, 1.807) is 7.11 Å². The highest BCUT2D eigenvalue weighted by Gasteiger charge is 2.19. The van der Waals surface area contributed by atoms with Crippen LogP contribution in [0.5, 0.6) is 0 Å². The van der Waals surface area contributed by atoms with E-state index in [1.165, 1.54) is 18.5 Å². The van der Waals surface area contributed by atoms with Crippen LogP contribution in [0.4, 0.5) is 0 Å². The molecule has 0 unspecified atom stereocenters. The normalized spacial score (nSPS) is 11.3. The maximum absolute atomic E-state index is 11.8. The summed E-state index contributed by atoms with van der Waals surface area (Å²) in [4.78, 5) is 26.0. The standard InChI is InChI=1S/C13H20N2O3/c1-13(2,5-7-18-3)9-15-12(17)10-8-14-6-4-11(10)16/h4,6,8H,5,7,9H2,1-3H3,(H,14,16)(H,15,17). The smallest absolute Gasteiger partial charge is 0.256 e. The second-order valence-electron chi connectivity index (χ2n) is 5.01. The molecule has 0 saturated heterocycles. The number of amides is 1. The molecule has 1 amide bonds. The number of ether oxygens (including phenoxy) is 1. The third kappa shape index (κ3) is 4.33. The van der Waals surface area contributed by atoms with Gasteiger partial charge in [-0.2, -0.15) is 0 Å². The second kappa shape index (κ2) is 6.35. The van der Waals surface area contributed by atoms with Crippen LogP contribution in [0.3, 0.4) is 0 Å². The van der Waals surface area contributed by atoms with Crippen LogP contribution < -0.4 is 10.7 Å². The number of nitrogens with one attached hydrogen (secondary N) is 2. The van der Waals surface area contributed by atoms with Gasteiger partial charge >= 0.3 is 0 Å². The van der Waals surface area contributed by atoms with Gasteiger partial charge in [0.2, 0.25) is 0 Å². The molecule has 0 saturated carbocycles. The summed E-state index contributed by atoms with van der Waals surface area (Å²) >= 11 is 0. The van der Waals surface area contributed by atoms with E-state index in [9.17, 15) is 9.59 Å². The van der Waals surface area contributed by atoms with Crippen LogP contribution in [0.2, 0.25) is 0 Å². The monoisotopic (exact) mass is 252 g/mol. The van der Waals surface area contributed by atoms with Crippen molar-refractivity contribution in [2.24, 2.45) is 5.41 Å². The Morgan fingerprint density at radius 1 is 1.50 bits per heavy atom. The van der Waals surface area contributed by atoms with Crippen molar-refractivity contribution in [3.8, 4) is 0 Å². The van der Waals surface area contributed by atoms with Gasteiger partial charge in [0.1, 0.15) is 5.56 Å². The summed E-state index contributed by atoms with van der Waals surface area (Å²) in [6.45, 7) is 5.24. The van der Waals surface area contributed by atoms with E-state index in [0.717, 1.165) is 6.42 Å². The first-order valence-electron chi connectivity index (χ1n) is 5.90. The predicted molar refractivity (Wildman–Crippen MR) is 69.7 cm³/mol. The van der Waals surface area contributed by atoms with Crippen molar-refractivity contribution in [2.75, 3.05) is 20.3 Å². The molecule has 1 heterocycles. The molecule has 1 rings (SSSR count). The number of hydrogen-bond acceptors (Lipinski definition) is 3. The van der Waals surface area contributed by atoms with E-state index in [4.69, 9.17) is 4.74 Å². The van der Waals surface area contributed by atoms with Crippen molar-refractivity contribution in [1.82, 2.24) is 10.3 Å². The van der Waals surface area contributed by atoms with Crippen LogP contribution in [0.1, 0.15) is 30.6 Å². The number of hydrogen-bond donors (Lipinski definition) is 2. The zero-order chi connectivity index (χ0) is 13.6. The molecular weight excluding hydrogens is 232 g/mol. The molecule has 0 aromatic carbocycles. The lowest BCUT2D eigenvalue weighted by Gasteiger charge is -2.24. The molecule has 1 aromatic heterocycles. The molecule has 5 nitrogen and oxygen atoms in total. The van der Waals surface area contributed by atoms with Gasteiger partial charge in [-0.25, -0.2) is 0 Å². The Kier molecular flexibility index (Phi) is 5.09. The lowest BCUT2D eigenvalue weighted by molar-refractivity contribution is 0.0919. The van der Waals surface area contributed by atoms with Gasteiger partial charge in [0, 0.05) is 38.7 Å². The van der Waals surface area contributed by atoms with Gasteiger partial charge in [-0.1, -0.05) is 13.8 Å². The Morgan fingerprint density at radius 3 is 2.83 bits per heavy atom. The van der Waals surface area contributed by atoms with Crippen molar-refractivity contribution in [2.45, 2.75) is 20.3 Å². The molecule has 0 aliphatic carbocycles. The number of pyridine rings is 1. The summed E-state index contributed by atoms with van der Waals surface area (Å²) in [5.41, 5.74) is -0.200. The first kappa shape index (κ1) is 14.4. The molecule has 0 fully saturated rings. The molecule has 0 aliphatic rings. The van der Waals surface area contributed by atoms with Gasteiger partial charge in [0.15, 0.2) is 5.43 Å². The Hall–Kier alpha value is -1.62. The number of aromatic amines is 1. The number of carbonyl (C=O) groups excluding carboxylic acids is 1. The largest absolute Gasteiger partial charge is 0.385 e. The molecule has 0 atom stereocenters. The number of methoxy groups -OCH3 is 1. The van der Waals surface area contributed by atoms with Crippen molar-refractivity contribution < 1.29 is 9.53 Å². The summed E-state index contributed by atoms with van der Waals surface area (Å²) in [5, 5.41) is 2.77. The van der Waals surface area contributed by atoms with Crippen LogP contribution in [0.15, 0.2) is 23.3 Å². The SMILES string of the molecule is COCCC(C)(C)CNC(=O)c1c[nH]ccc1=O. The first-order valence-corrected chi connectivity index (χ1v) is 5.90. The van der Waals surface area contributed by atoms with Crippen LogP contribution in [0.25, 0.3) is 0 Å². The fraction of sp³-hybridized carbons (Fsp3) is 0.538. The average Bonchev–Trinajstić information content (AvgIpc) is 2.34. The zero-order valence-electron chi connectivity index (χ0n) is 11.1. The Labute approximate surface area is 107 Å². The number of carbonyl (C=O) groups is 1. The first-order chi connectivity index (χ1) is 8.46. The van der Waals surface area contributed by atoms with Gasteiger partial charge in [0.05, 0.1) is 0 Å². The number of rotatable bonds is 6. The van der Waals surface area contributed by atoms with Gasteiger partial charge in [-0.3, -0.25) is 9.59 Å². The summed E-state index contributed by atoms with van der Waals surface area (Å²) in [7, 11) is 1.65. The third-order valence-electron chi connectivity index (χ3n) is 2.78. The minimum atomic E-state index is -0.345. The van der Waals surface area contributed by atoms with Crippen molar-refractivity contribution >= 4 is 5.91 Å². The van der Waals surface area contributed by atoms with E-state index < -0.39 is 0 Å². The highest BCUT2D eigenvalue weighted by molar-refractivity contribution is 5.93. The van der Waals surface area contributed by atoms with Crippen LogP contribution >= 0.6 is 0 Å². The number of aromatic nitrogens is 1. The van der Waals surface area contributed by atoms with Crippen LogP contribution in [-0.4, -0.2) is 31.2 Å². The Bertz CT molecular complexity index is 452. The quantitative estimate of drug-likeness (QED) is 0.798. The van der Waals surface area contributed by atoms with Gasteiger partial charge in [0.25, 0.3) is 5.91 Å². The van der Waals surface area contributed by atoms with Crippen molar-refractivity contribution in [3.63, 3.8) is 0 Å². The molecule has 0 radical (unpaired) electrons. The molecule has 5 heteroatoms. The lowest BCUT2D eigenvalue weighted by atomic mass is 9.89. The van der Waals surface area contributed by atoms with E-state index in [1.807, 2.05) is 13.8 Å². The highest BCUT2D eigenvalue weighted by Crippen LogP contribution is 2.18. The molecule has 2 N–H and O–H groups in total. The molecule has 0 bridgehead atoms. The topological polar surface area (TPSA) is 71.2 Å². The van der Waals surface area contributed by atoms with Gasteiger partial charge in [-0.15, -0.1) is 0 Å². The van der Waals surface area contributed by atoms with Crippen LogP contribution in [0, 0.1) is 5.41 Å². The molecule has 18 heavy (non-hydrogen) atoms. The Balaban J connectivity index is 2.56. The minimum Gasteiger partial charge on any atom is -0.385 e. The lowest BCUT2D eigenvalue weighted by Crippen LogP contribution is -2.36. The zero-order valence-corrected chi connectivity index (χ0v) is 11.1. The molecule has 0 spiro atoms. The van der Waals surface area contributed by atoms with Crippen LogP contribution in [-0.2, 0) is 4.74 Å². The maximum atomic E-state index is 11.8. The summed E-state index contributed by atoms with van der Waals surface area (Å²) in [5.74, 6) is -0.345. The Morgan fingerprint density at radius 2 is 2.22 bits per heavy atom. The summed E-state index contributed by atoms with van der Waals surface area (Å²) in [6, 6.07) is 1.34. The van der Waals surface area contributed by atoms with E-state index >= 15 is 0 Å². The summed E-state index contributed by atoms with van der Waals surface area (Å²) in [6.07, 6.45) is 3.76. The predicted octanol–water partition coefficient (Wildman–Crippen LogP) is 1.17. The fourth-order valence-electron chi connectivity index (χ4n) is 1.48. The molecule has 0 aliphatic heterocycles. The molecular formula is C13H20N2O3. The second-order valence-corrected chi connectivity index (χ2v) is 5.01.